The monoisotopic (exact) mass is 268 g/mol. The summed E-state index contributed by atoms with van der Waals surface area (Å²) < 4.78 is 39.3. The van der Waals surface area contributed by atoms with Crippen LogP contribution in [0.3, 0.4) is 0 Å². The minimum atomic E-state index is -1.33. The maximum absolute atomic E-state index is 13.5. The van der Waals surface area contributed by atoms with Crippen molar-refractivity contribution >= 4 is 5.69 Å². The molecule has 2 aromatic rings. The van der Waals surface area contributed by atoms with Crippen LogP contribution in [0.25, 0.3) is 0 Å². The van der Waals surface area contributed by atoms with E-state index in [1.807, 2.05) is 0 Å². The van der Waals surface area contributed by atoms with Crippen LogP contribution in [-0.2, 0) is 6.42 Å². The Balaban J connectivity index is 2.28. The fourth-order valence-corrected chi connectivity index (χ4v) is 1.72. The maximum Gasteiger partial charge on any atom is 0.161 e. The summed E-state index contributed by atoms with van der Waals surface area (Å²) in [5, 5.41) is 9.88. The number of rotatable bonds is 3. The quantitative estimate of drug-likeness (QED) is 0.840. The summed E-state index contributed by atoms with van der Waals surface area (Å²) in [7, 11) is 0. The van der Waals surface area contributed by atoms with Gasteiger partial charge in [-0.25, -0.2) is 13.2 Å². The number of aromatic nitrogens is 1. The minimum absolute atomic E-state index is 0.0400. The molecule has 0 aliphatic heterocycles. The average Bonchev–Trinajstić information content (AvgIpc) is 2.36. The predicted molar refractivity (Wildman–Crippen MR) is 63.6 cm³/mol. The van der Waals surface area contributed by atoms with Gasteiger partial charge in [-0.2, -0.15) is 0 Å². The van der Waals surface area contributed by atoms with Crippen LogP contribution in [0.1, 0.15) is 17.2 Å². The Kier molecular flexibility index (Phi) is 3.71. The smallest absolute Gasteiger partial charge is 0.161 e. The van der Waals surface area contributed by atoms with Crippen molar-refractivity contribution in [3.63, 3.8) is 0 Å². The molecule has 0 radical (unpaired) electrons. The molecule has 0 spiro atoms. The third kappa shape index (κ3) is 2.85. The lowest BCUT2D eigenvalue weighted by Crippen LogP contribution is -2.08. The standard InChI is InChI=1S/C13H11F3N2O/c14-9-5-11(16)10(15)4-8(9)13(19)3-7-6-18-2-1-12(7)17/h1-2,4-6,13,19H,3H2,(H2,17,18). The van der Waals surface area contributed by atoms with Gasteiger partial charge in [0.1, 0.15) is 5.82 Å². The largest absolute Gasteiger partial charge is 0.398 e. The number of aliphatic hydroxyl groups excluding tert-OH is 1. The fraction of sp³-hybridized carbons (Fsp3) is 0.154. The summed E-state index contributed by atoms with van der Waals surface area (Å²) in [6.07, 6.45) is 1.53. The molecule has 3 N–H and O–H groups in total. The summed E-state index contributed by atoms with van der Waals surface area (Å²) in [4.78, 5) is 3.83. The third-order valence-corrected chi connectivity index (χ3v) is 2.75. The van der Waals surface area contributed by atoms with Crippen molar-refractivity contribution in [1.82, 2.24) is 4.98 Å². The molecule has 1 aromatic heterocycles. The van der Waals surface area contributed by atoms with Crippen LogP contribution < -0.4 is 5.73 Å². The van der Waals surface area contributed by atoms with Crippen molar-refractivity contribution in [2.24, 2.45) is 0 Å². The third-order valence-electron chi connectivity index (χ3n) is 2.75. The van der Waals surface area contributed by atoms with Gasteiger partial charge in [0.25, 0.3) is 0 Å². The highest BCUT2D eigenvalue weighted by molar-refractivity contribution is 5.45. The second kappa shape index (κ2) is 5.27. The lowest BCUT2D eigenvalue weighted by Gasteiger charge is -2.13. The van der Waals surface area contributed by atoms with E-state index in [1.54, 1.807) is 0 Å². The van der Waals surface area contributed by atoms with Crippen LogP contribution in [-0.4, -0.2) is 10.1 Å². The van der Waals surface area contributed by atoms with Crippen LogP contribution >= 0.6 is 0 Å². The van der Waals surface area contributed by atoms with Gasteiger partial charge in [-0.1, -0.05) is 0 Å². The molecule has 100 valence electrons. The SMILES string of the molecule is Nc1ccncc1CC(O)c1cc(F)c(F)cc1F. The lowest BCUT2D eigenvalue weighted by atomic mass is 10.0. The van der Waals surface area contributed by atoms with E-state index in [1.165, 1.54) is 18.5 Å². The number of anilines is 1. The summed E-state index contributed by atoms with van der Waals surface area (Å²) in [5.74, 6) is -3.52. The van der Waals surface area contributed by atoms with Gasteiger partial charge in [-0.3, -0.25) is 4.98 Å². The molecule has 1 atom stereocenters. The van der Waals surface area contributed by atoms with Gasteiger partial charge in [0.05, 0.1) is 6.10 Å². The number of nitrogen functional groups attached to an aromatic ring is 1. The molecule has 1 heterocycles. The molecule has 0 amide bonds. The van der Waals surface area contributed by atoms with Gasteiger partial charge >= 0.3 is 0 Å². The molecule has 1 aromatic carbocycles. The Morgan fingerprint density at radius 3 is 2.53 bits per heavy atom. The molecule has 2 rings (SSSR count). The van der Waals surface area contributed by atoms with E-state index in [0.717, 1.165) is 0 Å². The highest BCUT2D eigenvalue weighted by Crippen LogP contribution is 2.25. The number of nitrogens with two attached hydrogens (primary N) is 1. The topological polar surface area (TPSA) is 59.1 Å². The number of benzene rings is 1. The lowest BCUT2D eigenvalue weighted by molar-refractivity contribution is 0.173. The van der Waals surface area contributed by atoms with E-state index in [0.29, 0.717) is 23.4 Å². The van der Waals surface area contributed by atoms with Crippen LogP contribution in [0.5, 0.6) is 0 Å². The number of hydrogen-bond donors (Lipinski definition) is 2. The van der Waals surface area contributed by atoms with Crippen LogP contribution in [0, 0.1) is 17.5 Å². The zero-order valence-corrected chi connectivity index (χ0v) is 9.78. The second-order valence-corrected chi connectivity index (χ2v) is 4.08. The number of hydrogen-bond acceptors (Lipinski definition) is 3. The first-order valence-electron chi connectivity index (χ1n) is 5.50. The zero-order valence-electron chi connectivity index (χ0n) is 9.78. The Hall–Kier alpha value is -2.08. The second-order valence-electron chi connectivity index (χ2n) is 4.08. The van der Waals surface area contributed by atoms with Crippen LogP contribution in [0.15, 0.2) is 30.6 Å². The maximum atomic E-state index is 13.5. The number of pyridine rings is 1. The molecule has 0 bridgehead atoms. The van der Waals surface area contributed by atoms with Gasteiger partial charge < -0.3 is 10.8 Å². The summed E-state index contributed by atoms with van der Waals surface area (Å²) in [6, 6.07) is 2.58. The fourth-order valence-electron chi connectivity index (χ4n) is 1.72. The number of halogens is 3. The van der Waals surface area contributed by atoms with Crippen molar-refractivity contribution in [2.45, 2.75) is 12.5 Å². The molecule has 6 heteroatoms. The highest BCUT2D eigenvalue weighted by Gasteiger charge is 2.18. The van der Waals surface area contributed by atoms with E-state index in [9.17, 15) is 18.3 Å². The zero-order chi connectivity index (χ0) is 14.0. The molecule has 0 fully saturated rings. The van der Waals surface area contributed by atoms with E-state index >= 15 is 0 Å². The molecular weight excluding hydrogens is 257 g/mol. The molecule has 0 saturated carbocycles. The molecule has 0 saturated heterocycles. The average molecular weight is 268 g/mol. The van der Waals surface area contributed by atoms with Gasteiger partial charge in [-0.15, -0.1) is 0 Å². The Labute approximate surface area is 107 Å². The van der Waals surface area contributed by atoms with Crippen molar-refractivity contribution in [3.05, 3.63) is 59.2 Å². The minimum Gasteiger partial charge on any atom is -0.398 e. The molecular formula is C13H11F3N2O. The van der Waals surface area contributed by atoms with Gasteiger partial charge in [-0.05, 0) is 17.7 Å². The Morgan fingerprint density at radius 2 is 1.84 bits per heavy atom. The number of aliphatic hydroxyl groups is 1. The van der Waals surface area contributed by atoms with E-state index < -0.39 is 23.6 Å². The first-order valence-corrected chi connectivity index (χ1v) is 5.50. The van der Waals surface area contributed by atoms with Crippen molar-refractivity contribution in [1.29, 1.82) is 0 Å². The number of nitrogens with zero attached hydrogens (tertiary/aromatic N) is 1. The normalized spacial score (nSPS) is 12.4. The Morgan fingerprint density at radius 1 is 1.16 bits per heavy atom. The summed E-state index contributed by atoms with van der Waals surface area (Å²) >= 11 is 0. The molecule has 19 heavy (non-hydrogen) atoms. The van der Waals surface area contributed by atoms with E-state index in [4.69, 9.17) is 5.73 Å². The van der Waals surface area contributed by atoms with Gasteiger partial charge in [0, 0.05) is 36.1 Å². The van der Waals surface area contributed by atoms with Crippen molar-refractivity contribution < 1.29 is 18.3 Å². The first kappa shape index (κ1) is 13.4. The highest BCUT2D eigenvalue weighted by atomic mass is 19.2. The van der Waals surface area contributed by atoms with Crippen LogP contribution in [0.4, 0.5) is 18.9 Å². The predicted octanol–water partition coefficient (Wildman–Crippen LogP) is 2.36. The molecule has 3 nitrogen and oxygen atoms in total. The van der Waals surface area contributed by atoms with Crippen LogP contribution in [0.2, 0.25) is 0 Å². The Bertz CT molecular complexity index is 604. The first-order chi connectivity index (χ1) is 8.99. The van der Waals surface area contributed by atoms with Crippen molar-refractivity contribution in [3.8, 4) is 0 Å². The molecule has 0 aliphatic rings. The molecule has 1 unspecified atom stereocenters. The van der Waals surface area contributed by atoms with Crippen molar-refractivity contribution in [2.75, 3.05) is 5.73 Å². The van der Waals surface area contributed by atoms with E-state index in [2.05, 4.69) is 4.98 Å². The summed E-state index contributed by atoms with van der Waals surface area (Å²) in [6.45, 7) is 0. The van der Waals surface area contributed by atoms with E-state index in [-0.39, 0.29) is 12.0 Å². The molecule has 0 aliphatic carbocycles. The van der Waals surface area contributed by atoms with Gasteiger partial charge in [0.2, 0.25) is 0 Å². The van der Waals surface area contributed by atoms with Gasteiger partial charge in [0.15, 0.2) is 11.6 Å². The summed E-state index contributed by atoms with van der Waals surface area (Å²) in [5.41, 5.74) is 6.23.